The van der Waals surface area contributed by atoms with E-state index >= 15 is 0 Å². The molecule has 3 aromatic rings. The van der Waals surface area contributed by atoms with Crippen LogP contribution in [0.15, 0.2) is 52.0 Å². The van der Waals surface area contributed by atoms with Crippen LogP contribution in [0.25, 0.3) is 0 Å². The van der Waals surface area contributed by atoms with E-state index in [0.29, 0.717) is 58.4 Å². The number of aryl methyl sites for hydroxylation is 1. The van der Waals surface area contributed by atoms with Crippen LogP contribution < -0.4 is 25.0 Å². The van der Waals surface area contributed by atoms with Gasteiger partial charge >= 0.3 is 0 Å². The van der Waals surface area contributed by atoms with Gasteiger partial charge in [0, 0.05) is 23.6 Å². The molecule has 35 heavy (non-hydrogen) atoms. The van der Waals surface area contributed by atoms with Crippen molar-refractivity contribution in [2.24, 2.45) is 5.10 Å². The molecule has 0 saturated carbocycles. The number of hydrogen-bond acceptors (Lipinski definition) is 7. The molecule has 182 valence electrons. The molecule has 9 nitrogen and oxygen atoms in total. The van der Waals surface area contributed by atoms with E-state index in [0.717, 1.165) is 12.0 Å². The summed E-state index contributed by atoms with van der Waals surface area (Å²) in [5.74, 6) is 1.59. The molecule has 0 bridgehead atoms. The number of para-hydroxylation sites is 1. The molecular weight excluding hydrogens is 450 g/mol. The SMILES string of the molecule is COc1ccc(OC)c(NC(=O)c2oc3c(c2C)/C(=N/NC(=O)c2ccccc2OC)CCC3)c1. The van der Waals surface area contributed by atoms with Gasteiger partial charge in [0.2, 0.25) is 0 Å². The van der Waals surface area contributed by atoms with Gasteiger partial charge in [-0.15, -0.1) is 0 Å². The van der Waals surface area contributed by atoms with Gasteiger partial charge in [-0.25, -0.2) is 5.43 Å². The Morgan fingerprint density at radius 3 is 2.46 bits per heavy atom. The Kier molecular flexibility index (Phi) is 7.05. The highest BCUT2D eigenvalue weighted by molar-refractivity contribution is 6.10. The van der Waals surface area contributed by atoms with Crippen LogP contribution in [-0.4, -0.2) is 38.9 Å². The van der Waals surface area contributed by atoms with Crippen molar-refractivity contribution < 1.29 is 28.2 Å². The van der Waals surface area contributed by atoms with Gasteiger partial charge < -0.3 is 23.9 Å². The standard InChI is InChI=1S/C26H27N3O6/c1-15-23-18(28-29-25(30)17-8-5-6-10-20(17)33-3)9-7-11-22(23)35-24(15)26(31)27-19-14-16(32-2)12-13-21(19)34-4/h5-6,8,10,12-14H,7,9,11H2,1-4H3,(H,27,31)(H,29,30)/b28-18+. The van der Waals surface area contributed by atoms with E-state index in [9.17, 15) is 9.59 Å². The maximum absolute atomic E-state index is 13.1. The number of ether oxygens (including phenoxy) is 3. The van der Waals surface area contributed by atoms with Gasteiger partial charge in [-0.3, -0.25) is 9.59 Å². The molecule has 1 aromatic heterocycles. The van der Waals surface area contributed by atoms with Gasteiger partial charge in [-0.05, 0) is 44.0 Å². The summed E-state index contributed by atoms with van der Waals surface area (Å²) in [6, 6.07) is 12.1. The Labute approximate surface area is 203 Å². The molecule has 2 aromatic carbocycles. The topological polar surface area (TPSA) is 111 Å². The van der Waals surface area contributed by atoms with E-state index in [1.165, 1.54) is 14.2 Å². The number of hydrazone groups is 1. The molecule has 1 aliphatic carbocycles. The Hall–Kier alpha value is -4.27. The zero-order chi connectivity index (χ0) is 24.9. The molecule has 1 heterocycles. The Balaban J connectivity index is 1.59. The number of nitrogens with zero attached hydrogens (tertiary/aromatic N) is 1. The predicted molar refractivity (Wildman–Crippen MR) is 131 cm³/mol. The van der Waals surface area contributed by atoms with E-state index in [2.05, 4.69) is 15.8 Å². The number of nitrogens with one attached hydrogen (secondary N) is 2. The second-order valence-corrected chi connectivity index (χ2v) is 7.93. The summed E-state index contributed by atoms with van der Waals surface area (Å²) in [5.41, 5.74) is 5.52. The molecule has 0 aliphatic heterocycles. The van der Waals surface area contributed by atoms with Crippen LogP contribution in [0.2, 0.25) is 0 Å². The van der Waals surface area contributed by atoms with Gasteiger partial charge in [0.25, 0.3) is 11.8 Å². The highest BCUT2D eigenvalue weighted by atomic mass is 16.5. The number of carbonyl (C=O) groups excluding carboxylic acids is 2. The fraction of sp³-hybridized carbons (Fsp3) is 0.269. The predicted octanol–water partition coefficient (Wildman–Crippen LogP) is 4.34. The van der Waals surface area contributed by atoms with Crippen LogP contribution >= 0.6 is 0 Å². The zero-order valence-corrected chi connectivity index (χ0v) is 20.1. The van der Waals surface area contributed by atoms with Gasteiger partial charge in [-0.1, -0.05) is 12.1 Å². The van der Waals surface area contributed by atoms with Crippen molar-refractivity contribution in [2.75, 3.05) is 26.6 Å². The summed E-state index contributed by atoms with van der Waals surface area (Å²) < 4.78 is 21.8. The number of anilines is 1. The first kappa shape index (κ1) is 23.9. The van der Waals surface area contributed by atoms with Crippen molar-refractivity contribution in [3.63, 3.8) is 0 Å². The summed E-state index contributed by atoms with van der Waals surface area (Å²) in [7, 11) is 4.58. The molecule has 2 amide bonds. The number of hydrogen-bond donors (Lipinski definition) is 2. The van der Waals surface area contributed by atoms with Crippen molar-refractivity contribution in [3.8, 4) is 17.2 Å². The minimum atomic E-state index is -0.416. The average Bonchev–Trinajstić information content (AvgIpc) is 3.24. The van der Waals surface area contributed by atoms with E-state index in [-0.39, 0.29) is 11.7 Å². The van der Waals surface area contributed by atoms with Crippen LogP contribution in [0, 0.1) is 6.92 Å². The number of benzene rings is 2. The minimum Gasteiger partial charge on any atom is -0.497 e. The second kappa shape index (κ2) is 10.3. The third-order valence-electron chi connectivity index (χ3n) is 5.83. The highest BCUT2D eigenvalue weighted by Gasteiger charge is 2.28. The number of methoxy groups -OCH3 is 3. The number of fused-ring (bicyclic) bond motifs is 1. The van der Waals surface area contributed by atoms with Crippen molar-refractivity contribution in [1.82, 2.24) is 5.43 Å². The first-order valence-corrected chi connectivity index (χ1v) is 11.1. The van der Waals surface area contributed by atoms with Crippen LogP contribution in [0.4, 0.5) is 5.69 Å². The number of rotatable bonds is 7. The molecule has 4 rings (SSSR count). The quantitative estimate of drug-likeness (QED) is 0.490. The Bertz CT molecular complexity index is 1290. The molecule has 9 heteroatoms. The lowest BCUT2D eigenvalue weighted by molar-refractivity contribution is 0.0950. The first-order chi connectivity index (χ1) is 17.0. The third kappa shape index (κ3) is 4.84. The van der Waals surface area contributed by atoms with Crippen molar-refractivity contribution in [2.45, 2.75) is 26.2 Å². The smallest absolute Gasteiger partial charge is 0.291 e. The maximum atomic E-state index is 13.1. The zero-order valence-electron chi connectivity index (χ0n) is 20.1. The Morgan fingerprint density at radius 1 is 0.943 bits per heavy atom. The molecule has 0 atom stereocenters. The van der Waals surface area contributed by atoms with Gasteiger partial charge in [0.15, 0.2) is 5.76 Å². The highest BCUT2D eigenvalue weighted by Crippen LogP contribution is 2.33. The molecule has 0 radical (unpaired) electrons. The number of carbonyl (C=O) groups is 2. The van der Waals surface area contributed by atoms with E-state index in [1.807, 2.05) is 6.92 Å². The summed E-state index contributed by atoms with van der Waals surface area (Å²) in [5, 5.41) is 7.22. The van der Waals surface area contributed by atoms with Crippen LogP contribution in [-0.2, 0) is 6.42 Å². The molecule has 0 fully saturated rings. The summed E-state index contributed by atoms with van der Waals surface area (Å²) >= 11 is 0. The van der Waals surface area contributed by atoms with E-state index in [4.69, 9.17) is 18.6 Å². The molecule has 1 aliphatic rings. The normalized spacial score (nSPS) is 13.7. The Morgan fingerprint density at radius 2 is 1.71 bits per heavy atom. The summed E-state index contributed by atoms with van der Waals surface area (Å²) in [6.07, 6.45) is 2.10. The van der Waals surface area contributed by atoms with Crippen molar-refractivity contribution in [1.29, 1.82) is 0 Å². The van der Waals surface area contributed by atoms with Crippen LogP contribution in [0.3, 0.4) is 0 Å². The molecule has 2 N–H and O–H groups in total. The van der Waals surface area contributed by atoms with Gasteiger partial charge in [-0.2, -0.15) is 5.10 Å². The fourth-order valence-electron chi connectivity index (χ4n) is 4.10. The average molecular weight is 478 g/mol. The van der Waals surface area contributed by atoms with E-state index in [1.54, 1.807) is 49.6 Å². The maximum Gasteiger partial charge on any atom is 0.291 e. The van der Waals surface area contributed by atoms with Crippen molar-refractivity contribution in [3.05, 3.63) is 70.7 Å². The third-order valence-corrected chi connectivity index (χ3v) is 5.83. The van der Waals surface area contributed by atoms with Gasteiger partial charge in [0.1, 0.15) is 23.0 Å². The molecule has 0 saturated heterocycles. The van der Waals surface area contributed by atoms with Gasteiger partial charge in [0.05, 0.1) is 38.3 Å². The number of amides is 2. The van der Waals surface area contributed by atoms with Crippen molar-refractivity contribution >= 4 is 23.2 Å². The molecule has 0 unspecified atom stereocenters. The largest absolute Gasteiger partial charge is 0.497 e. The lowest BCUT2D eigenvalue weighted by Crippen LogP contribution is -2.22. The van der Waals surface area contributed by atoms with Crippen LogP contribution in [0.1, 0.15) is 50.6 Å². The molecular formula is C26H27N3O6. The fourth-order valence-corrected chi connectivity index (χ4v) is 4.10. The van der Waals surface area contributed by atoms with E-state index < -0.39 is 5.91 Å². The summed E-state index contributed by atoms with van der Waals surface area (Å²) in [6.45, 7) is 1.81. The number of furan rings is 1. The second-order valence-electron chi connectivity index (χ2n) is 7.93. The monoisotopic (exact) mass is 477 g/mol. The first-order valence-electron chi connectivity index (χ1n) is 11.1. The lowest BCUT2D eigenvalue weighted by Gasteiger charge is -2.14. The summed E-state index contributed by atoms with van der Waals surface area (Å²) in [4.78, 5) is 25.8. The lowest BCUT2D eigenvalue weighted by atomic mass is 9.93. The minimum absolute atomic E-state index is 0.186. The molecule has 0 spiro atoms. The van der Waals surface area contributed by atoms with Crippen LogP contribution in [0.5, 0.6) is 17.2 Å².